The van der Waals surface area contributed by atoms with Crippen LogP contribution < -0.4 is 11.1 Å². The normalized spacial score (nSPS) is 14.3. The van der Waals surface area contributed by atoms with E-state index in [0.29, 0.717) is 5.69 Å². The van der Waals surface area contributed by atoms with Gasteiger partial charge in [0.05, 0.1) is 16.3 Å². The minimum atomic E-state index is -4.43. The van der Waals surface area contributed by atoms with E-state index >= 15 is 0 Å². The molecule has 8 heteroatoms. The highest BCUT2D eigenvalue weighted by Crippen LogP contribution is 2.33. The Labute approximate surface area is 113 Å². The van der Waals surface area contributed by atoms with E-state index in [0.717, 1.165) is 12.1 Å². The van der Waals surface area contributed by atoms with Gasteiger partial charge in [-0.1, -0.05) is 16.8 Å². The summed E-state index contributed by atoms with van der Waals surface area (Å²) in [5.74, 6) is 0.0167. The Bertz CT molecular complexity index is 477. The lowest BCUT2D eigenvalue weighted by atomic mass is 10.1. The molecule has 0 fully saturated rings. The van der Waals surface area contributed by atoms with Crippen LogP contribution in [-0.4, -0.2) is 17.1 Å². The standard InChI is InChI=1S/C11H13ClF3N3O/c1-6(4-10(16)18-19)17-9-3-2-7(5-8(9)12)11(13,14)15/h2-3,5-6,17,19H,4H2,1H3,(H2,16,18). The van der Waals surface area contributed by atoms with Crippen LogP contribution in [-0.2, 0) is 6.18 Å². The lowest BCUT2D eigenvalue weighted by Gasteiger charge is -2.16. The zero-order chi connectivity index (χ0) is 14.6. The van der Waals surface area contributed by atoms with Crippen LogP contribution in [0.15, 0.2) is 23.4 Å². The van der Waals surface area contributed by atoms with Gasteiger partial charge < -0.3 is 16.3 Å². The molecular weight excluding hydrogens is 283 g/mol. The second-order valence-corrected chi connectivity index (χ2v) is 4.44. The van der Waals surface area contributed by atoms with Crippen LogP contribution in [0.5, 0.6) is 0 Å². The number of halogens is 4. The average molecular weight is 296 g/mol. The quantitative estimate of drug-likeness (QED) is 0.345. The first-order valence-electron chi connectivity index (χ1n) is 5.33. The first-order chi connectivity index (χ1) is 8.74. The van der Waals surface area contributed by atoms with Gasteiger partial charge in [-0.2, -0.15) is 13.2 Å². The third kappa shape index (κ3) is 4.51. The smallest absolute Gasteiger partial charge is 0.409 e. The molecule has 0 aliphatic heterocycles. The summed E-state index contributed by atoms with van der Waals surface area (Å²) < 4.78 is 37.3. The number of benzene rings is 1. The molecule has 0 bridgehead atoms. The van der Waals surface area contributed by atoms with Crippen LogP contribution in [0.1, 0.15) is 18.9 Å². The van der Waals surface area contributed by atoms with Gasteiger partial charge in [0.1, 0.15) is 5.84 Å². The molecule has 4 nitrogen and oxygen atoms in total. The van der Waals surface area contributed by atoms with Crippen molar-refractivity contribution in [3.63, 3.8) is 0 Å². The van der Waals surface area contributed by atoms with Gasteiger partial charge in [0.25, 0.3) is 0 Å². The highest BCUT2D eigenvalue weighted by atomic mass is 35.5. The zero-order valence-electron chi connectivity index (χ0n) is 10.0. The second-order valence-electron chi connectivity index (χ2n) is 4.03. The molecule has 106 valence electrons. The summed E-state index contributed by atoms with van der Waals surface area (Å²) in [7, 11) is 0. The first kappa shape index (κ1) is 15.4. The van der Waals surface area contributed by atoms with Crippen molar-refractivity contribution in [3.8, 4) is 0 Å². The molecule has 1 aromatic rings. The molecular formula is C11H13ClF3N3O. The molecule has 1 aromatic carbocycles. The molecule has 0 saturated heterocycles. The van der Waals surface area contributed by atoms with Crippen molar-refractivity contribution >= 4 is 23.1 Å². The Hall–Kier alpha value is -1.63. The Morgan fingerprint density at radius 3 is 2.63 bits per heavy atom. The lowest BCUT2D eigenvalue weighted by Crippen LogP contribution is -2.24. The molecule has 0 aromatic heterocycles. The minimum absolute atomic E-state index is 0.0167. The maximum Gasteiger partial charge on any atom is 0.416 e. The van der Waals surface area contributed by atoms with E-state index in [1.54, 1.807) is 6.92 Å². The van der Waals surface area contributed by atoms with E-state index in [9.17, 15) is 13.2 Å². The van der Waals surface area contributed by atoms with E-state index in [1.807, 2.05) is 0 Å². The van der Waals surface area contributed by atoms with Gasteiger partial charge >= 0.3 is 6.18 Å². The van der Waals surface area contributed by atoms with E-state index in [2.05, 4.69) is 10.5 Å². The summed E-state index contributed by atoms with van der Waals surface area (Å²) in [6.45, 7) is 1.73. The van der Waals surface area contributed by atoms with Gasteiger partial charge in [0.15, 0.2) is 0 Å². The fourth-order valence-electron chi connectivity index (χ4n) is 1.48. The van der Waals surface area contributed by atoms with Crippen molar-refractivity contribution in [3.05, 3.63) is 28.8 Å². The van der Waals surface area contributed by atoms with Crippen molar-refractivity contribution in [2.24, 2.45) is 10.9 Å². The predicted molar refractivity (Wildman–Crippen MR) is 67.6 cm³/mol. The molecule has 1 atom stereocenters. The molecule has 0 saturated carbocycles. The number of alkyl halides is 3. The van der Waals surface area contributed by atoms with Crippen LogP contribution in [0, 0.1) is 0 Å². The summed E-state index contributed by atoms with van der Waals surface area (Å²) in [4.78, 5) is 0. The number of anilines is 1. The maximum absolute atomic E-state index is 12.4. The van der Waals surface area contributed by atoms with Gasteiger partial charge in [-0.05, 0) is 25.1 Å². The third-order valence-corrected chi connectivity index (χ3v) is 2.65. The highest BCUT2D eigenvalue weighted by molar-refractivity contribution is 6.33. The number of oxime groups is 1. The number of hydrogen-bond acceptors (Lipinski definition) is 3. The molecule has 19 heavy (non-hydrogen) atoms. The van der Waals surface area contributed by atoms with Crippen molar-refractivity contribution in [2.75, 3.05) is 5.32 Å². The summed E-state index contributed by atoms with van der Waals surface area (Å²) in [6, 6.07) is 2.78. The number of hydrogen-bond donors (Lipinski definition) is 3. The van der Waals surface area contributed by atoms with Gasteiger partial charge in [0.2, 0.25) is 0 Å². The molecule has 1 rings (SSSR count). The van der Waals surface area contributed by atoms with Crippen LogP contribution >= 0.6 is 11.6 Å². The Morgan fingerprint density at radius 2 is 2.16 bits per heavy atom. The molecule has 0 heterocycles. The molecule has 0 aliphatic carbocycles. The van der Waals surface area contributed by atoms with Crippen LogP contribution in [0.3, 0.4) is 0 Å². The van der Waals surface area contributed by atoms with Crippen LogP contribution in [0.2, 0.25) is 5.02 Å². The van der Waals surface area contributed by atoms with Crippen molar-refractivity contribution in [1.82, 2.24) is 0 Å². The minimum Gasteiger partial charge on any atom is -0.409 e. The highest BCUT2D eigenvalue weighted by Gasteiger charge is 2.30. The van der Waals surface area contributed by atoms with Crippen molar-refractivity contribution < 1.29 is 18.4 Å². The SMILES string of the molecule is CC(CC(N)=NO)Nc1ccc(C(F)(F)F)cc1Cl. The predicted octanol–water partition coefficient (Wildman–Crippen LogP) is 3.30. The Kier molecular flexibility index (Phi) is 4.88. The van der Waals surface area contributed by atoms with E-state index in [4.69, 9.17) is 22.5 Å². The molecule has 0 amide bonds. The number of nitrogens with two attached hydrogens (primary N) is 1. The van der Waals surface area contributed by atoms with Gasteiger partial charge in [-0.3, -0.25) is 0 Å². The maximum atomic E-state index is 12.4. The molecule has 0 radical (unpaired) electrons. The molecule has 1 unspecified atom stereocenters. The monoisotopic (exact) mass is 295 g/mol. The fraction of sp³-hybridized carbons (Fsp3) is 0.364. The zero-order valence-corrected chi connectivity index (χ0v) is 10.8. The second kappa shape index (κ2) is 6.01. The Morgan fingerprint density at radius 1 is 1.53 bits per heavy atom. The third-order valence-electron chi connectivity index (χ3n) is 2.34. The fourth-order valence-corrected chi connectivity index (χ4v) is 1.71. The molecule has 4 N–H and O–H groups in total. The number of nitrogens with zero attached hydrogens (tertiary/aromatic N) is 1. The summed E-state index contributed by atoms with van der Waals surface area (Å²) in [5, 5.41) is 14.1. The van der Waals surface area contributed by atoms with Gasteiger partial charge in [-0.25, -0.2) is 0 Å². The van der Waals surface area contributed by atoms with Crippen LogP contribution in [0.25, 0.3) is 0 Å². The number of rotatable bonds is 4. The summed E-state index contributed by atoms with van der Waals surface area (Å²) in [6.07, 6.45) is -4.20. The number of amidine groups is 1. The van der Waals surface area contributed by atoms with Crippen molar-refractivity contribution in [2.45, 2.75) is 25.6 Å². The van der Waals surface area contributed by atoms with E-state index < -0.39 is 11.7 Å². The topological polar surface area (TPSA) is 70.6 Å². The van der Waals surface area contributed by atoms with E-state index in [-0.39, 0.29) is 23.3 Å². The summed E-state index contributed by atoms with van der Waals surface area (Å²) in [5.41, 5.74) is 4.87. The Balaban J connectivity index is 2.81. The molecule has 0 spiro atoms. The first-order valence-corrected chi connectivity index (χ1v) is 5.71. The van der Waals surface area contributed by atoms with Gasteiger partial charge in [0, 0.05) is 12.5 Å². The number of nitrogens with one attached hydrogen (secondary N) is 1. The lowest BCUT2D eigenvalue weighted by molar-refractivity contribution is -0.137. The molecule has 0 aliphatic rings. The van der Waals surface area contributed by atoms with Crippen LogP contribution in [0.4, 0.5) is 18.9 Å². The van der Waals surface area contributed by atoms with Gasteiger partial charge in [-0.15, -0.1) is 0 Å². The average Bonchev–Trinajstić information content (AvgIpc) is 2.30. The van der Waals surface area contributed by atoms with E-state index in [1.165, 1.54) is 6.07 Å². The largest absolute Gasteiger partial charge is 0.416 e. The van der Waals surface area contributed by atoms with Crippen molar-refractivity contribution in [1.29, 1.82) is 0 Å². The summed E-state index contributed by atoms with van der Waals surface area (Å²) >= 11 is 5.78.